The normalized spacial score (nSPS) is 28.5. The maximum atomic E-state index is 12.0. The van der Waals surface area contributed by atoms with E-state index in [1.807, 2.05) is 30.3 Å². The van der Waals surface area contributed by atoms with Crippen molar-refractivity contribution in [2.24, 2.45) is 0 Å². The Morgan fingerprint density at radius 1 is 1.29 bits per heavy atom. The monoisotopic (exact) mass is 253 g/mol. The fourth-order valence-electron chi connectivity index (χ4n) is 2.14. The van der Waals surface area contributed by atoms with E-state index in [2.05, 4.69) is 6.58 Å². The molecule has 2 rings (SSSR count). The van der Waals surface area contributed by atoms with Crippen molar-refractivity contribution in [2.45, 2.75) is 12.1 Å². The van der Waals surface area contributed by atoms with Crippen LogP contribution < -0.4 is 0 Å². The number of nitrogens with zero attached hydrogens (tertiary/aromatic N) is 1. The standard InChI is InChI=1S/C12H15NO3S/c1-9-12(16-3)11(13(2)17(9,14)15)10-7-5-4-6-8-10/h4-8,11-12H,1H2,2-3H3. The fraction of sp³-hybridized carbons (Fsp3) is 0.333. The van der Waals surface area contributed by atoms with Crippen LogP contribution in [0.4, 0.5) is 0 Å². The Hall–Kier alpha value is -1.17. The lowest BCUT2D eigenvalue weighted by atomic mass is 10.0. The van der Waals surface area contributed by atoms with Crippen molar-refractivity contribution in [1.82, 2.24) is 4.31 Å². The molecule has 1 fully saturated rings. The lowest BCUT2D eigenvalue weighted by Gasteiger charge is -2.21. The topological polar surface area (TPSA) is 46.6 Å². The summed E-state index contributed by atoms with van der Waals surface area (Å²) < 4.78 is 30.6. The Morgan fingerprint density at radius 2 is 1.88 bits per heavy atom. The van der Waals surface area contributed by atoms with Gasteiger partial charge in [0, 0.05) is 14.2 Å². The summed E-state index contributed by atoms with van der Waals surface area (Å²) in [6.45, 7) is 3.63. The number of hydrogen-bond acceptors (Lipinski definition) is 3. The highest BCUT2D eigenvalue weighted by Gasteiger charge is 2.47. The molecule has 1 saturated heterocycles. The molecule has 92 valence electrons. The van der Waals surface area contributed by atoms with E-state index in [4.69, 9.17) is 4.74 Å². The maximum Gasteiger partial charge on any atom is 0.241 e. The molecule has 1 aliphatic rings. The van der Waals surface area contributed by atoms with Crippen molar-refractivity contribution in [1.29, 1.82) is 0 Å². The number of benzene rings is 1. The van der Waals surface area contributed by atoms with Crippen molar-refractivity contribution in [2.75, 3.05) is 14.2 Å². The van der Waals surface area contributed by atoms with Gasteiger partial charge in [0.1, 0.15) is 6.10 Å². The Morgan fingerprint density at radius 3 is 2.41 bits per heavy atom. The van der Waals surface area contributed by atoms with Gasteiger partial charge < -0.3 is 4.74 Å². The molecular weight excluding hydrogens is 238 g/mol. The summed E-state index contributed by atoms with van der Waals surface area (Å²) in [7, 11) is -0.395. The molecule has 0 aromatic heterocycles. The predicted molar refractivity (Wildman–Crippen MR) is 65.8 cm³/mol. The Bertz CT molecular complexity index is 524. The number of ether oxygens (including phenoxy) is 1. The van der Waals surface area contributed by atoms with Crippen LogP contribution in [0.15, 0.2) is 41.8 Å². The van der Waals surface area contributed by atoms with Crippen molar-refractivity contribution in [3.63, 3.8) is 0 Å². The largest absolute Gasteiger partial charge is 0.374 e. The lowest BCUT2D eigenvalue weighted by Crippen LogP contribution is -2.26. The van der Waals surface area contributed by atoms with E-state index in [-0.39, 0.29) is 10.9 Å². The molecule has 0 radical (unpaired) electrons. The summed E-state index contributed by atoms with van der Waals surface area (Å²) in [5.41, 5.74) is 0.907. The molecule has 2 unspecified atom stereocenters. The molecule has 4 nitrogen and oxygen atoms in total. The minimum Gasteiger partial charge on any atom is -0.374 e. The molecule has 0 bridgehead atoms. The first-order chi connectivity index (χ1) is 8.00. The highest BCUT2D eigenvalue weighted by molar-refractivity contribution is 7.93. The van der Waals surface area contributed by atoms with Gasteiger partial charge in [-0.15, -0.1) is 0 Å². The summed E-state index contributed by atoms with van der Waals surface area (Å²) in [5.74, 6) is 0. The Labute approximate surface area is 102 Å². The first kappa shape index (κ1) is 12.3. The van der Waals surface area contributed by atoms with Crippen LogP contribution in [0, 0.1) is 0 Å². The molecule has 0 spiro atoms. The molecule has 1 aromatic carbocycles. The number of sulfonamides is 1. The molecule has 0 amide bonds. The lowest BCUT2D eigenvalue weighted by molar-refractivity contribution is 0.0931. The van der Waals surface area contributed by atoms with Crippen LogP contribution in [0.25, 0.3) is 0 Å². The van der Waals surface area contributed by atoms with Gasteiger partial charge >= 0.3 is 0 Å². The summed E-state index contributed by atoms with van der Waals surface area (Å²) in [6, 6.07) is 9.10. The zero-order valence-corrected chi connectivity index (χ0v) is 10.6. The zero-order chi connectivity index (χ0) is 12.6. The third kappa shape index (κ3) is 1.80. The van der Waals surface area contributed by atoms with Crippen LogP contribution in [0.2, 0.25) is 0 Å². The second-order valence-corrected chi connectivity index (χ2v) is 6.05. The van der Waals surface area contributed by atoms with Crippen molar-refractivity contribution < 1.29 is 13.2 Å². The van der Waals surface area contributed by atoms with Crippen molar-refractivity contribution >= 4 is 10.0 Å². The van der Waals surface area contributed by atoms with E-state index in [9.17, 15) is 8.42 Å². The van der Waals surface area contributed by atoms with E-state index in [1.54, 1.807) is 7.05 Å². The van der Waals surface area contributed by atoms with Gasteiger partial charge in [-0.25, -0.2) is 8.42 Å². The van der Waals surface area contributed by atoms with Gasteiger partial charge in [0.2, 0.25) is 10.0 Å². The summed E-state index contributed by atoms with van der Waals surface area (Å²) in [5, 5.41) is 0. The van der Waals surface area contributed by atoms with Crippen LogP contribution in [0.5, 0.6) is 0 Å². The minimum atomic E-state index is -3.45. The first-order valence-electron chi connectivity index (χ1n) is 5.24. The molecule has 2 atom stereocenters. The molecular formula is C12H15NO3S. The Kier molecular flexibility index (Phi) is 3.07. The molecule has 17 heavy (non-hydrogen) atoms. The second kappa shape index (κ2) is 4.25. The van der Waals surface area contributed by atoms with Crippen LogP contribution in [0.1, 0.15) is 11.6 Å². The summed E-state index contributed by atoms with van der Waals surface area (Å²) in [4.78, 5) is 0.122. The summed E-state index contributed by atoms with van der Waals surface area (Å²) >= 11 is 0. The molecule has 1 aliphatic heterocycles. The summed E-state index contributed by atoms with van der Waals surface area (Å²) in [6.07, 6.45) is -0.521. The van der Waals surface area contributed by atoms with Crippen LogP contribution in [-0.2, 0) is 14.8 Å². The maximum absolute atomic E-state index is 12.0. The van der Waals surface area contributed by atoms with Gasteiger partial charge in [0.15, 0.2) is 0 Å². The molecule has 0 aliphatic carbocycles. The van der Waals surface area contributed by atoms with E-state index in [1.165, 1.54) is 11.4 Å². The molecule has 1 aromatic rings. The van der Waals surface area contributed by atoms with Gasteiger partial charge in [0.05, 0.1) is 10.9 Å². The quantitative estimate of drug-likeness (QED) is 0.803. The van der Waals surface area contributed by atoms with Gasteiger partial charge in [-0.05, 0) is 5.56 Å². The highest BCUT2D eigenvalue weighted by Crippen LogP contribution is 2.40. The third-order valence-electron chi connectivity index (χ3n) is 3.10. The smallest absolute Gasteiger partial charge is 0.241 e. The molecule has 0 N–H and O–H groups in total. The van der Waals surface area contributed by atoms with E-state index >= 15 is 0 Å². The first-order valence-corrected chi connectivity index (χ1v) is 6.68. The molecule has 0 saturated carbocycles. The van der Waals surface area contributed by atoms with Gasteiger partial charge in [-0.3, -0.25) is 0 Å². The predicted octanol–water partition coefficient (Wildman–Crippen LogP) is 1.53. The van der Waals surface area contributed by atoms with Crippen molar-refractivity contribution in [3.8, 4) is 0 Å². The van der Waals surface area contributed by atoms with E-state index in [0.717, 1.165) is 5.56 Å². The van der Waals surface area contributed by atoms with Crippen LogP contribution >= 0.6 is 0 Å². The third-order valence-corrected chi connectivity index (χ3v) is 4.98. The number of methoxy groups -OCH3 is 1. The van der Waals surface area contributed by atoms with Crippen LogP contribution in [0.3, 0.4) is 0 Å². The van der Waals surface area contributed by atoms with Gasteiger partial charge in [-0.1, -0.05) is 36.9 Å². The van der Waals surface area contributed by atoms with Crippen LogP contribution in [-0.4, -0.2) is 33.0 Å². The van der Waals surface area contributed by atoms with Gasteiger partial charge in [0.25, 0.3) is 0 Å². The van der Waals surface area contributed by atoms with Gasteiger partial charge in [-0.2, -0.15) is 4.31 Å². The number of hydrogen-bond donors (Lipinski definition) is 0. The van der Waals surface area contributed by atoms with Crippen molar-refractivity contribution in [3.05, 3.63) is 47.4 Å². The average molecular weight is 253 g/mol. The Balaban J connectivity index is 2.51. The van der Waals surface area contributed by atoms with E-state index < -0.39 is 16.1 Å². The molecule has 5 heteroatoms. The number of rotatable bonds is 2. The fourth-order valence-corrected chi connectivity index (χ4v) is 3.56. The second-order valence-electron chi connectivity index (χ2n) is 4.00. The minimum absolute atomic E-state index is 0.122. The SMILES string of the molecule is C=C1C(OC)C(c2ccccc2)N(C)S1(=O)=O. The highest BCUT2D eigenvalue weighted by atomic mass is 32.2. The molecule has 1 heterocycles. The zero-order valence-electron chi connectivity index (χ0n) is 9.83. The number of likely N-dealkylation sites (N-methyl/N-ethyl adjacent to an activating group) is 1. The average Bonchev–Trinajstić information content (AvgIpc) is 2.51. The van der Waals surface area contributed by atoms with E-state index in [0.29, 0.717) is 0 Å².